The smallest absolute Gasteiger partial charge is 0.273 e. The normalized spacial score (nSPS) is 18.4. The SMILES string of the molecule is CC(=O)NC1CCCN(c2cc(C)c([N+](=O)[O-])cc2Cl)C1. The van der Waals surface area contributed by atoms with E-state index in [1.54, 1.807) is 13.0 Å². The summed E-state index contributed by atoms with van der Waals surface area (Å²) in [5.41, 5.74) is 1.40. The summed E-state index contributed by atoms with van der Waals surface area (Å²) >= 11 is 6.20. The van der Waals surface area contributed by atoms with Crippen molar-refractivity contribution >= 4 is 28.9 Å². The molecule has 1 aliphatic heterocycles. The number of nitrogens with zero attached hydrogens (tertiary/aromatic N) is 2. The van der Waals surface area contributed by atoms with Gasteiger partial charge in [0.15, 0.2) is 0 Å². The average molecular weight is 312 g/mol. The van der Waals surface area contributed by atoms with Crippen LogP contribution >= 0.6 is 11.6 Å². The molecule has 1 aromatic rings. The Morgan fingerprint density at radius 2 is 2.24 bits per heavy atom. The molecular weight excluding hydrogens is 294 g/mol. The van der Waals surface area contributed by atoms with Crippen molar-refractivity contribution in [1.82, 2.24) is 5.32 Å². The number of nitro benzene ring substituents is 1. The third-order valence-electron chi connectivity index (χ3n) is 3.63. The zero-order valence-electron chi connectivity index (χ0n) is 12.1. The number of aryl methyl sites for hydroxylation is 1. The molecular formula is C14H18ClN3O3. The monoisotopic (exact) mass is 311 g/mol. The number of anilines is 1. The van der Waals surface area contributed by atoms with Gasteiger partial charge in [0.1, 0.15) is 0 Å². The molecule has 0 radical (unpaired) electrons. The number of carbonyl (C=O) groups excluding carboxylic acids is 1. The Labute approximate surface area is 128 Å². The first-order valence-electron chi connectivity index (χ1n) is 6.85. The molecule has 6 nitrogen and oxygen atoms in total. The molecule has 0 aromatic heterocycles. The van der Waals surface area contributed by atoms with Crippen LogP contribution < -0.4 is 10.2 Å². The van der Waals surface area contributed by atoms with E-state index in [1.165, 1.54) is 13.0 Å². The fourth-order valence-corrected chi connectivity index (χ4v) is 2.97. The number of hydrogen-bond donors (Lipinski definition) is 1. The van der Waals surface area contributed by atoms with Gasteiger partial charge in [-0.2, -0.15) is 0 Å². The number of carbonyl (C=O) groups is 1. The Balaban J connectivity index is 2.23. The van der Waals surface area contributed by atoms with Gasteiger partial charge in [-0.25, -0.2) is 0 Å². The summed E-state index contributed by atoms with van der Waals surface area (Å²) in [6, 6.07) is 3.23. The maximum atomic E-state index is 11.2. The highest BCUT2D eigenvalue weighted by Crippen LogP contribution is 2.34. The van der Waals surface area contributed by atoms with E-state index in [1.807, 2.05) is 0 Å². The van der Waals surface area contributed by atoms with Crippen LogP contribution in [0.15, 0.2) is 12.1 Å². The van der Waals surface area contributed by atoms with E-state index < -0.39 is 4.92 Å². The molecule has 0 spiro atoms. The van der Waals surface area contributed by atoms with Crippen molar-refractivity contribution in [1.29, 1.82) is 0 Å². The third-order valence-corrected chi connectivity index (χ3v) is 3.93. The van der Waals surface area contributed by atoms with Gasteiger partial charge in [0, 0.05) is 37.7 Å². The lowest BCUT2D eigenvalue weighted by atomic mass is 10.0. The first-order valence-corrected chi connectivity index (χ1v) is 7.23. The first-order chi connectivity index (χ1) is 9.88. The fraction of sp³-hybridized carbons (Fsp3) is 0.500. The lowest BCUT2D eigenvalue weighted by molar-refractivity contribution is -0.385. The van der Waals surface area contributed by atoms with Gasteiger partial charge in [0.25, 0.3) is 5.69 Å². The Bertz CT molecular complexity index is 577. The van der Waals surface area contributed by atoms with Crippen molar-refractivity contribution in [3.8, 4) is 0 Å². The molecule has 1 unspecified atom stereocenters. The van der Waals surface area contributed by atoms with Crippen molar-refractivity contribution < 1.29 is 9.72 Å². The quantitative estimate of drug-likeness (QED) is 0.688. The molecule has 114 valence electrons. The van der Waals surface area contributed by atoms with Gasteiger partial charge in [0.05, 0.1) is 15.6 Å². The minimum absolute atomic E-state index is 0.0270. The summed E-state index contributed by atoms with van der Waals surface area (Å²) in [4.78, 5) is 23.7. The number of nitrogens with one attached hydrogen (secondary N) is 1. The Kier molecular flexibility index (Phi) is 4.67. The molecule has 0 saturated carbocycles. The standard InChI is InChI=1S/C14H18ClN3O3/c1-9-6-14(12(15)7-13(9)18(20)21)17-5-3-4-11(8-17)16-10(2)19/h6-7,11H,3-5,8H2,1-2H3,(H,16,19). The van der Waals surface area contributed by atoms with E-state index in [9.17, 15) is 14.9 Å². The van der Waals surface area contributed by atoms with Gasteiger partial charge in [0.2, 0.25) is 5.91 Å². The topological polar surface area (TPSA) is 75.5 Å². The minimum Gasteiger partial charge on any atom is -0.368 e. The van der Waals surface area contributed by atoms with Crippen LogP contribution in [0.5, 0.6) is 0 Å². The molecule has 21 heavy (non-hydrogen) atoms. The highest BCUT2D eigenvalue weighted by atomic mass is 35.5. The van der Waals surface area contributed by atoms with Gasteiger partial charge < -0.3 is 10.2 Å². The fourth-order valence-electron chi connectivity index (χ4n) is 2.70. The number of rotatable bonds is 3. The number of hydrogen-bond acceptors (Lipinski definition) is 4. The average Bonchev–Trinajstić information content (AvgIpc) is 2.40. The van der Waals surface area contributed by atoms with Gasteiger partial charge >= 0.3 is 0 Å². The van der Waals surface area contributed by atoms with Crippen LogP contribution in [0.25, 0.3) is 0 Å². The van der Waals surface area contributed by atoms with E-state index in [0.29, 0.717) is 17.1 Å². The zero-order valence-corrected chi connectivity index (χ0v) is 12.8. The van der Waals surface area contributed by atoms with Crippen molar-refractivity contribution in [2.75, 3.05) is 18.0 Å². The van der Waals surface area contributed by atoms with Crippen molar-refractivity contribution in [2.24, 2.45) is 0 Å². The van der Waals surface area contributed by atoms with Crippen LogP contribution in [0.4, 0.5) is 11.4 Å². The number of nitro groups is 1. The minimum atomic E-state index is -0.429. The molecule has 1 fully saturated rings. The van der Waals surface area contributed by atoms with Crippen molar-refractivity contribution in [3.05, 3.63) is 32.8 Å². The van der Waals surface area contributed by atoms with Gasteiger partial charge in [-0.1, -0.05) is 11.6 Å². The predicted octanol–water partition coefficient (Wildman–Crippen LogP) is 2.66. The predicted molar refractivity (Wildman–Crippen MR) is 81.9 cm³/mol. The van der Waals surface area contributed by atoms with E-state index in [4.69, 9.17) is 11.6 Å². The summed E-state index contributed by atoms with van der Waals surface area (Å²) in [5.74, 6) is -0.0483. The number of benzene rings is 1. The van der Waals surface area contributed by atoms with Gasteiger partial charge in [-0.15, -0.1) is 0 Å². The molecule has 1 aromatic carbocycles. The summed E-state index contributed by atoms with van der Waals surface area (Å²) in [7, 11) is 0. The summed E-state index contributed by atoms with van der Waals surface area (Å²) in [5, 5.41) is 14.2. The molecule has 1 aliphatic rings. The van der Waals surface area contributed by atoms with Crippen molar-refractivity contribution in [3.63, 3.8) is 0 Å². The second-order valence-corrected chi connectivity index (χ2v) is 5.74. The van der Waals surface area contributed by atoms with Crippen LogP contribution in [0.3, 0.4) is 0 Å². The molecule has 1 amide bonds. The highest BCUT2D eigenvalue weighted by Gasteiger charge is 2.24. The van der Waals surface area contributed by atoms with E-state index >= 15 is 0 Å². The number of amides is 1. The second kappa shape index (κ2) is 6.30. The zero-order chi connectivity index (χ0) is 15.6. The second-order valence-electron chi connectivity index (χ2n) is 5.33. The molecule has 1 atom stereocenters. The Hall–Kier alpha value is -1.82. The summed E-state index contributed by atoms with van der Waals surface area (Å²) in [6.45, 7) is 4.69. The van der Waals surface area contributed by atoms with Crippen LogP contribution in [0.2, 0.25) is 5.02 Å². The maximum Gasteiger partial charge on any atom is 0.273 e. The molecule has 0 aliphatic carbocycles. The van der Waals surface area contributed by atoms with E-state index in [2.05, 4.69) is 10.2 Å². The molecule has 2 rings (SSSR count). The molecule has 7 heteroatoms. The lowest BCUT2D eigenvalue weighted by Gasteiger charge is -2.35. The van der Waals surface area contributed by atoms with Crippen LogP contribution in [-0.4, -0.2) is 30.0 Å². The molecule has 0 bridgehead atoms. The van der Waals surface area contributed by atoms with Crippen molar-refractivity contribution in [2.45, 2.75) is 32.7 Å². The van der Waals surface area contributed by atoms with Gasteiger partial charge in [-0.3, -0.25) is 14.9 Å². The lowest BCUT2D eigenvalue weighted by Crippen LogP contribution is -2.47. The molecule has 1 N–H and O–H groups in total. The van der Waals surface area contributed by atoms with Crippen LogP contribution in [-0.2, 0) is 4.79 Å². The van der Waals surface area contributed by atoms with E-state index in [0.717, 1.165) is 25.1 Å². The van der Waals surface area contributed by atoms with Crippen LogP contribution in [0, 0.1) is 17.0 Å². The Morgan fingerprint density at radius 1 is 1.52 bits per heavy atom. The van der Waals surface area contributed by atoms with E-state index in [-0.39, 0.29) is 17.6 Å². The largest absolute Gasteiger partial charge is 0.368 e. The molecule has 1 heterocycles. The Morgan fingerprint density at radius 3 is 2.86 bits per heavy atom. The third kappa shape index (κ3) is 3.64. The van der Waals surface area contributed by atoms with Gasteiger partial charge in [-0.05, 0) is 25.8 Å². The molecule has 1 saturated heterocycles. The van der Waals surface area contributed by atoms with Crippen LogP contribution in [0.1, 0.15) is 25.3 Å². The summed E-state index contributed by atoms with van der Waals surface area (Å²) < 4.78 is 0. The maximum absolute atomic E-state index is 11.2. The first kappa shape index (κ1) is 15.6. The summed E-state index contributed by atoms with van der Waals surface area (Å²) in [6.07, 6.45) is 1.87. The number of piperidine rings is 1. The number of halogens is 1. The highest BCUT2D eigenvalue weighted by molar-refractivity contribution is 6.33.